The Hall–Kier alpha value is -1.34. The van der Waals surface area contributed by atoms with Crippen LogP contribution in [0, 0.1) is 0 Å². The van der Waals surface area contributed by atoms with E-state index >= 15 is 0 Å². The molecule has 0 aliphatic heterocycles. The molecule has 2 N–H and O–H groups in total. The van der Waals surface area contributed by atoms with Gasteiger partial charge in [0.05, 0.1) is 26.9 Å². The maximum Gasteiger partial charge on any atom is 0.389 e. The molecule has 1 atom stereocenters. The van der Waals surface area contributed by atoms with Gasteiger partial charge in [-0.25, -0.2) is 0 Å². The molecule has 0 fully saturated rings. The van der Waals surface area contributed by atoms with E-state index in [0.717, 1.165) is 0 Å². The minimum absolute atomic E-state index is 0. The molecule has 122 valence electrons. The zero-order valence-corrected chi connectivity index (χ0v) is 12.8. The van der Waals surface area contributed by atoms with Crippen LogP contribution >= 0.6 is 12.4 Å². The summed E-state index contributed by atoms with van der Waals surface area (Å²) in [6.07, 6.45) is -5.46. The molecule has 0 bridgehead atoms. The molecule has 0 heterocycles. The monoisotopic (exact) mass is 329 g/mol. The Labute approximate surface area is 127 Å². The average Bonchev–Trinajstić information content (AvgIpc) is 2.42. The predicted octanol–water partition coefficient (Wildman–Crippen LogP) is 3.48. The van der Waals surface area contributed by atoms with E-state index in [9.17, 15) is 13.2 Å². The van der Waals surface area contributed by atoms with Gasteiger partial charge in [-0.05, 0) is 6.42 Å². The van der Waals surface area contributed by atoms with Crippen molar-refractivity contribution < 1.29 is 27.4 Å². The number of methoxy groups -OCH3 is 3. The lowest BCUT2D eigenvalue weighted by Gasteiger charge is -2.20. The number of ether oxygens (including phenoxy) is 3. The van der Waals surface area contributed by atoms with E-state index in [2.05, 4.69) is 0 Å². The van der Waals surface area contributed by atoms with E-state index in [1.165, 1.54) is 21.3 Å². The van der Waals surface area contributed by atoms with E-state index in [0.29, 0.717) is 22.8 Å². The van der Waals surface area contributed by atoms with Crippen LogP contribution < -0.4 is 19.9 Å². The van der Waals surface area contributed by atoms with E-state index < -0.39 is 18.6 Å². The molecule has 21 heavy (non-hydrogen) atoms. The van der Waals surface area contributed by atoms with Gasteiger partial charge in [0.1, 0.15) is 17.2 Å². The first kappa shape index (κ1) is 19.7. The molecule has 0 radical (unpaired) electrons. The highest BCUT2D eigenvalue weighted by Crippen LogP contribution is 2.39. The van der Waals surface area contributed by atoms with Gasteiger partial charge in [0, 0.05) is 24.6 Å². The van der Waals surface area contributed by atoms with Gasteiger partial charge >= 0.3 is 6.18 Å². The highest BCUT2D eigenvalue weighted by Gasteiger charge is 2.29. The zero-order chi connectivity index (χ0) is 15.3. The maximum atomic E-state index is 12.3. The molecule has 1 aromatic rings. The second-order valence-corrected chi connectivity index (χ2v) is 4.21. The number of hydrogen-bond acceptors (Lipinski definition) is 4. The third-order valence-electron chi connectivity index (χ3n) is 2.86. The summed E-state index contributed by atoms with van der Waals surface area (Å²) in [5.74, 6) is 1.16. The third kappa shape index (κ3) is 5.51. The topological polar surface area (TPSA) is 53.7 Å². The molecule has 0 amide bonds. The molecule has 1 rings (SSSR count). The van der Waals surface area contributed by atoms with Crippen LogP contribution in [0.15, 0.2) is 12.1 Å². The second kappa shape index (κ2) is 8.19. The number of benzene rings is 1. The summed E-state index contributed by atoms with van der Waals surface area (Å²) in [6, 6.07) is 2.28. The molecule has 0 aliphatic carbocycles. The summed E-state index contributed by atoms with van der Waals surface area (Å²) in [7, 11) is 4.29. The maximum absolute atomic E-state index is 12.3. The molecule has 8 heteroatoms. The largest absolute Gasteiger partial charge is 0.496 e. The number of nitrogens with two attached hydrogens (primary N) is 1. The van der Waals surface area contributed by atoms with Crippen molar-refractivity contribution in [2.75, 3.05) is 21.3 Å². The Morgan fingerprint density at radius 3 is 1.86 bits per heavy atom. The summed E-state index contributed by atoms with van der Waals surface area (Å²) in [6.45, 7) is 0. The molecule has 0 saturated carbocycles. The molecule has 1 aromatic carbocycles. The van der Waals surface area contributed by atoms with Gasteiger partial charge in [0.2, 0.25) is 0 Å². The van der Waals surface area contributed by atoms with Gasteiger partial charge in [-0.15, -0.1) is 12.4 Å². The number of rotatable bonds is 6. The van der Waals surface area contributed by atoms with Crippen LogP contribution in [0.25, 0.3) is 0 Å². The van der Waals surface area contributed by atoms with Crippen molar-refractivity contribution in [1.82, 2.24) is 0 Å². The van der Waals surface area contributed by atoms with Crippen LogP contribution in [0.5, 0.6) is 17.2 Å². The number of halogens is 4. The SMILES string of the molecule is COc1cc(OC)c([C@@H](N)CCC(F)(F)F)c(OC)c1.Cl. The lowest BCUT2D eigenvalue weighted by Crippen LogP contribution is -2.17. The van der Waals surface area contributed by atoms with Crippen molar-refractivity contribution in [1.29, 1.82) is 0 Å². The highest BCUT2D eigenvalue weighted by molar-refractivity contribution is 5.85. The minimum Gasteiger partial charge on any atom is -0.496 e. The highest BCUT2D eigenvalue weighted by atomic mass is 35.5. The standard InChI is InChI=1S/C13H18F3NO3.ClH/c1-18-8-6-10(19-2)12(11(7-8)20-3)9(17)4-5-13(14,15)16;/h6-7,9H,4-5,17H2,1-3H3;1H/t9-;/m0./s1. The first-order valence-corrected chi connectivity index (χ1v) is 5.94. The van der Waals surface area contributed by atoms with Crippen molar-refractivity contribution in [2.24, 2.45) is 5.73 Å². The third-order valence-corrected chi connectivity index (χ3v) is 2.86. The zero-order valence-electron chi connectivity index (χ0n) is 12.0. The van der Waals surface area contributed by atoms with Crippen molar-refractivity contribution in [3.05, 3.63) is 17.7 Å². The van der Waals surface area contributed by atoms with Crippen LogP contribution in [0.1, 0.15) is 24.4 Å². The summed E-state index contributed by atoms with van der Waals surface area (Å²) >= 11 is 0. The Morgan fingerprint density at radius 2 is 1.52 bits per heavy atom. The predicted molar refractivity (Wildman–Crippen MR) is 75.6 cm³/mol. The fourth-order valence-electron chi connectivity index (χ4n) is 1.86. The van der Waals surface area contributed by atoms with E-state index in [1.54, 1.807) is 12.1 Å². The summed E-state index contributed by atoms with van der Waals surface area (Å²) in [5, 5.41) is 0. The van der Waals surface area contributed by atoms with Gasteiger partial charge in [-0.2, -0.15) is 13.2 Å². The Bertz CT molecular complexity index is 430. The molecular weight excluding hydrogens is 311 g/mol. The van der Waals surface area contributed by atoms with E-state index in [4.69, 9.17) is 19.9 Å². The van der Waals surface area contributed by atoms with Crippen LogP contribution in [0.2, 0.25) is 0 Å². The van der Waals surface area contributed by atoms with Gasteiger partial charge < -0.3 is 19.9 Å². The smallest absolute Gasteiger partial charge is 0.389 e. The number of hydrogen-bond donors (Lipinski definition) is 1. The van der Waals surface area contributed by atoms with Crippen LogP contribution in [0.3, 0.4) is 0 Å². The summed E-state index contributed by atoms with van der Waals surface area (Å²) < 4.78 is 52.2. The molecule has 4 nitrogen and oxygen atoms in total. The molecule has 0 saturated heterocycles. The van der Waals surface area contributed by atoms with Crippen LogP contribution in [-0.2, 0) is 0 Å². The quantitative estimate of drug-likeness (QED) is 0.868. The van der Waals surface area contributed by atoms with Crippen LogP contribution in [0.4, 0.5) is 13.2 Å². The fraction of sp³-hybridized carbons (Fsp3) is 0.538. The lowest BCUT2D eigenvalue weighted by atomic mass is 10.00. The van der Waals surface area contributed by atoms with Gasteiger partial charge in [0.15, 0.2) is 0 Å². The number of alkyl halides is 3. The van der Waals surface area contributed by atoms with Gasteiger partial charge in [-0.1, -0.05) is 0 Å². The Morgan fingerprint density at radius 1 is 1.05 bits per heavy atom. The van der Waals surface area contributed by atoms with Crippen molar-refractivity contribution >= 4 is 12.4 Å². The first-order chi connectivity index (χ1) is 9.32. The van der Waals surface area contributed by atoms with Crippen molar-refractivity contribution in [3.8, 4) is 17.2 Å². The van der Waals surface area contributed by atoms with Gasteiger partial charge in [-0.3, -0.25) is 0 Å². The van der Waals surface area contributed by atoms with Crippen LogP contribution in [-0.4, -0.2) is 27.5 Å². The average molecular weight is 330 g/mol. The molecule has 0 unspecified atom stereocenters. The normalized spacial score (nSPS) is 12.3. The van der Waals surface area contributed by atoms with Crippen molar-refractivity contribution in [3.63, 3.8) is 0 Å². The Balaban J connectivity index is 0.00000400. The molecule has 0 spiro atoms. The summed E-state index contributed by atoms with van der Waals surface area (Å²) in [5.41, 5.74) is 6.25. The summed E-state index contributed by atoms with van der Waals surface area (Å²) in [4.78, 5) is 0. The molecule has 0 aromatic heterocycles. The van der Waals surface area contributed by atoms with Gasteiger partial charge in [0.25, 0.3) is 0 Å². The molecular formula is C13H19ClF3NO3. The molecule has 0 aliphatic rings. The lowest BCUT2D eigenvalue weighted by molar-refractivity contribution is -0.136. The van der Waals surface area contributed by atoms with E-state index in [-0.39, 0.29) is 18.8 Å². The van der Waals surface area contributed by atoms with E-state index in [1.807, 2.05) is 0 Å². The minimum atomic E-state index is -4.25. The fourth-order valence-corrected chi connectivity index (χ4v) is 1.86. The Kier molecular flexibility index (Phi) is 7.67. The second-order valence-electron chi connectivity index (χ2n) is 4.21. The van der Waals surface area contributed by atoms with Crippen molar-refractivity contribution in [2.45, 2.75) is 25.1 Å². The first-order valence-electron chi connectivity index (χ1n) is 5.94.